The summed E-state index contributed by atoms with van der Waals surface area (Å²) in [5.74, 6) is 0.217. The molecule has 0 atom stereocenters. The van der Waals surface area contributed by atoms with Crippen LogP contribution in [0.5, 0.6) is 5.75 Å². The standard InChI is InChI=1S/C11H9ClF3N3O/c12-9-5-18(17-10(9)16)6-19-8-3-1-2-7(4-8)11(13,14)15/h1-5H,6H2,(H2,16,17). The lowest BCUT2D eigenvalue weighted by atomic mass is 10.2. The molecule has 0 radical (unpaired) electrons. The molecule has 0 spiro atoms. The first-order chi connectivity index (χ1) is 8.86. The van der Waals surface area contributed by atoms with Crippen LogP contribution in [0.15, 0.2) is 30.5 Å². The minimum absolute atomic E-state index is 0.0834. The van der Waals surface area contributed by atoms with Crippen molar-refractivity contribution in [3.8, 4) is 5.75 Å². The van der Waals surface area contributed by atoms with Crippen LogP contribution < -0.4 is 10.5 Å². The number of halogens is 4. The van der Waals surface area contributed by atoms with E-state index in [9.17, 15) is 13.2 Å². The van der Waals surface area contributed by atoms with Crippen molar-refractivity contribution in [3.63, 3.8) is 0 Å². The Hall–Kier alpha value is -1.89. The van der Waals surface area contributed by atoms with Gasteiger partial charge in [-0.15, -0.1) is 0 Å². The quantitative estimate of drug-likeness (QED) is 0.945. The van der Waals surface area contributed by atoms with Crippen molar-refractivity contribution < 1.29 is 17.9 Å². The molecule has 1 aromatic heterocycles. The van der Waals surface area contributed by atoms with E-state index in [0.29, 0.717) is 0 Å². The third-order valence-corrected chi connectivity index (χ3v) is 2.56. The average Bonchev–Trinajstić information content (AvgIpc) is 2.66. The first kappa shape index (κ1) is 13.5. The number of nitrogens with two attached hydrogens (primary N) is 1. The molecule has 0 aliphatic carbocycles. The Balaban J connectivity index is 2.07. The molecule has 0 aliphatic heterocycles. The van der Waals surface area contributed by atoms with Crippen LogP contribution >= 0.6 is 11.6 Å². The van der Waals surface area contributed by atoms with Crippen molar-refractivity contribution in [2.24, 2.45) is 0 Å². The molecule has 0 amide bonds. The Morgan fingerprint density at radius 1 is 1.37 bits per heavy atom. The highest BCUT2D eigenvalue weighted by molar-refractivity contribution is 6.32. The minimum Gasteiger partial charge on any atom is -0.471 e. The Bertz CT molecular complexity index is 563. The van der Waals surface area contributed by atoms with E-state index in [2.05, 4.69) is 5.10 Å². The molecule has 2 rings (SSSR count). The summed E-state index contributed by atoms with van der Waals surface area (Å²) in [7, 11) is 0. The van der Waals surface area contributed by atoms with E-state index in [4.69, 9.17) is 22.1 Å². The summed E-state index contributed by atoms with van der Waals surface area (Å²) in [5.41, 5.74) is 4.65. The van der Waals surface area contributed by atoms with Crippen LogP contribution in [0.3, 0.4) is 0 Å². The lowest BCUT2D eigenvalue weighted by Gasteiger charge is -2.10. The maximum atomic E-state index is 12.5. The predicted octanol–water partition coefficient (Wildman–Crippen LogP) is 3.17. The van der Waals surface area contributed by atoms with E-state index in [0.717, 1.165) is 12.1 Å². The van der Waals surface area contributed by atoms with Crippen LogP contribution in [0.25, 0.3) is 0 Å². The van der Waals surface area contributed by atoms with Gasteiger partial charge in [-0.25, -0.2) is 4.68 Å². The molecule has 0 unspecified atom stereocenters. The second-order valence-electron chi connectivity index (χ2n) is 3.70. The third kappa shape index (κ3) is 3.31. The lowest BCUT2D eigenvalue weighted by molar-refractivity contribution is -0.137. The number of nitrogen functional groups attached to an aromatic ring is 1. The Morgan fingerprint density at radius 3 is 2.68 bits per heavy atom. The van der Waals surface area contributed by atoms with Gasteiger partial charge in [0.1, 0.15) is 10.8 Å². The van der Waals surface area contributed by atoms with Crippen molar-refractivity contribution >= 4 is 17.4 Å². The predicted molar refractivity (Wildman–Crippen MR) is 63.7 cm³/mol. The summed E-state index contributed by atoms with van der Waals surface area (Å²) in [6.07, 6.45) is -2.98. The number of alkyl halides is 3. The van der Waals surface area contributed by atoms with Gasteiger partial charge < -0.3 is 10.5 Å². The highest BCUT2D eigenvalue weighted by Crippen LogP contribution is 2.31. The van der Waals surface area contributed by atoms with Crippen LogP contribution in [0.4, 0.5) is 19.0 Å². The van der Waals surface area contributed by atoms with Gasteiger partial charge in [0.15, 0.2) is 12.5 Å². The van der Waals surface area contributed by atoms with E-state index in [-0.39, 0.29) is 23.3 Å². The topological polar surface area (TPSA) is 53.1 Å². The summed E-state index contributed by atoms with van der Waals surface area (Å²) >= 11 is 5.68. The van der Waals surface area contributed by atoms with Crippen molar-refractivity contribution in [3.05, 3.63) is 41.0 Å². The van der Waals surface area contributed by atoms with Crippen LogP contribution in [-0.2, 0) is 12.9 Å². The molecule has 0 bridgehead atoms. The molecule has 0 saturated carbocycles. The van der Waals surface area contributed by atoms with E-state index < -0.39 is 11.7 Å². The number of ether oxygens (including phenoxy) is 1. The Labute approximate surface area is 111 Å². The molecule has 1 aromatic carbocycles. The normalized spacial score (nSPS) is 11.6. The van der Waals surface area contributed by atoms with Crippen LogP contribution in [-0.4, -0.2) is 9.78 Å². The summed E-state index contributed by atoms with van der Waals surface area (Å²) in [5, 5.41) is 4.07. The molecule has 8 heteroatoms. The van der Waals surface area contributed by atoms with Crippen molar-refractivity contribution in [2.75, 3.05) is 5.73 Å². The third-order valence-electron chi connectivity index (χ3n) is 2.27. The number of hydrogen-bond acceptors (Lipinski definition) is 3. The van der Waals surface area contributed by atoms with Gasteiger partial charge in [0.25, 0.3) is 0 Å². The maximum Gasteiger partial charge on any atom is 0.416 e. The van der Waals surface area contributed by atoms with Gasteiger partial charge in [0, 0.05) is 6.20 Å². The SMILES string of the molecule is Nc1nn(COc2cccc(C(F)(F)F)c2)cc1Cl. The van der Waals surface area contributed by atoms with Gasteiger partial charge in [0.2, 0.25) is 0 Å². The number of hydrogen-bond donors (Lipinski definition) is 1. The molecule has 2 N–H and O–H groups in total. The summed E-state index contributed by atoms with van der Waals surface area (Å²) in [6.45, 7) is -0.0851. The van der Waals surface area contributed by atoms with Crippen LogP contribution in [0, 0.1) is 0 Å². The summed E-state index contributed by atoms with van der Waals surface area (Å²) in [6, 6.07) is 4.57. The first-order valence-electron chi connectivity index (χ1n) is 5.15. The van der Waals surface area contributed by atoms with E-state index in [1.165, 1.54) is 23.0 Å². The number of anilines is 1. The molecule has 0 fully saturated rings. The van der Waals surface area contributed by atoms with Gasteiger partial charge >= 0.3 is 6.18 Å². The van der Waals surface area contributed by atoms with Gasteiger partial charge in [-0.05, 0) is 18.2 Å². The van der Waals surface area contributed by atoms with E-state index >= 15 is 0 Å². The molecular weight excluding hydrogens is 283 g/mol. The second kappa shape index (κ2) is 5.00. The molecule has 0 saturated heterocycles. The first-order valence-corrected chi connectivity index (χ1v) is 5.52. The molecular formula is C11H9ClF3N3O. The van der Waals surface area contributed by atoms with Crippen LogP contribution in [0.1, 0.15) is 5.56 Å². The lowest BCUT2D eigenvalue weighted by Crippen LogP contribution is -2.08. The molecule has 4 nitrogen and oxygen atoms in total. The largest absolute Gasteiger partial charge is 0.471 e. The van der Waals surface area contributed by atoms with Gasteiger partial charge in [-0.2, -0.15) is 18.3 Å². The molecule has 19 heavy (non-hydrogen) atoms. The zero-order chi connectivity index (χ0) is 14.0. The fourth-order valence-electron chi connectivity index (χ4n) is 1.38. The Kier molecular flexibility index (Phi) is 3.57. The fraction of sp³-hybridized carbons (Fsp3) is 0.182. The monoisotopic (exact) mass is 291 g/mol. The second-order valence-corrected chi connectivity index (χ2v) is 4.11. The molecule has 102 valence electrons. The van der Waals surface area contributed by atoms with Crippen LogP contribution in [0.2, 0.25) is 5.02 Å². The number of nitrogens with zero attached hydrogens (tertiary/aromatic N) is 2. The zero-order valence-corrected chi connectivity index (χ0v) is 10.2. The summed E-state index contributed by atoms with van der Waals surface area (Å²) in [4.78, 5) is 0. The smallest absolute Gasteiger partial charge is 0.416 e. The number of rotatable bonds is 3. The average molecular weight is 292 g/mol. The minimum atomic E-state index is -4.40. The molecule has 2 aromatic rings. The Morgan fingerprint density at radius 2 is 2.11 bits per heavy atom. The summed E-state index contributed by atoms with van der Waals surface area (Å²) < 4.78 is 43.9. The number of benzene rings is 1. The van der Waals surface area contributed by atoms with E-state index in [1.807, 2.05) is 0 Å². The fourth-order valence-corrected chi connectivity index (χ4v) is 1.53. The highest BCUT2D eigenvalue weighted by Gasteiger charge is 2.30. The maximum absolute atomic E-state index is 12.5. The zero-order valence-electron chi connectivity index (χ0n) is 9.49. The highest BCUT2D eigenvalue weighted by atomic mass is 35.5. The number of aromatic nitrogens is 2. The molecule has 1 heterocycles. The van der Waals surface area contributed by atoms with Crippen molar-refractivity contribution in [1.29, 1.82) is 0 Å². The van der Waals surface area contributed by atoms with Gasteiger partial charge in [-0.1, -0.05) is 17.7 Å². The van der Waals surface area contributed by atoms with Crippen molar-refractivity contribution in [1.82, 2.24) is 9.78 Å². The molecule has 0 aliphatic rings. The van der Waals surface area contributed by atoms with E-state index in [1.54, 1.807) is 0 Å². The van der Waals surface area contributed by atoms with Gasteiger partial charge in [0.05, 0.1) is 5.56 Å². The van der Waals surface area contributed by atoms with Gasteiger partial charge in [-0.3, -0.25) is 0 Å². The van der Waals surface area contributed by atoms with Crippen molar-refractivity contribution in [2.45, 2.75) is 12.9 Å².